The Kier molecular flexibility index (Phi) is 6.16. The second-order valence-electron chi connectivity index (χ2n) is 7.54. The highest BCUT2D eigenvalue weighted by molar-refractivity contribution is 5.95. The van der Waals surface area contributed by atoms with E-state index in [0.29, 0.717) is 61.0 Å². The number of hydrogen-bond donors (Lipinski definition) is 1. The van der Waals surface area contributed by atoms with Crippen LogP contribution in [0, 0.1) is 5.92 Å². The predicted octanol–water partition coefficient (Wildman–Crippen LogP) is 2.60. The van der Waals surface area contributed by atoms with Crippen LogP contribution >= 0.6 is 0 Å². The third kappa shape index (κ3) is 4.52. The maximum atomic E-state index is 12.8. The van der Waals surface area contributed by atoms with E-state index in [2.05, 4.69) is 5.32 Å². The van der Waals surface area contributed by atoms with Crippen molar-refractivity contribution in [2.24, 2.45) is 5.92 Å². The lowest BCUT2D eigenvalue weighted by molar-refractivity contribution is -0.126. The summed E-state index contributed by atoms with van der Waals surface area (Å²) in [6.07, 6.45) is 1.27. The number of rotatable bonds is 6. The second kappa shape index (κ2) is 9.16. The maximum absolute atomic E-state index is 12.8. The summed E-state index contributed by atoms with van der Waals surface area (Å²) in [6, 6.07) is 10.8. The van der Waals surface area contributed by atoms with Crippen molar-refractivity contribution in [2.75, 3.05) is 34.1 Å². The molecular formula is C23H26N2O6. The van der Waals surface area contributed by atoms with Crippen LogP contribution in [0.5, 0.6) is 23.0 Å². The normalized spacial score (nSPS) is 15.5. The molecule has 0 bridgehead atoms. The molecule has 1 fully saturated rings. The summed E-state index contributed by atoms with van der Waals surface area (Å²) in [7, 11) is 3.17. The van der Waals surface area contributed by atoms with Gasteiger partial charge in [-0.15, -0.1) is 0 Å². The highest BCUT2D eigenvalue weighted by Gasteiger charge is 2.28. The number of carbonyl (C=O) groups excluding carboxylic acids is 2. The zero-order valence-electron chi connectivity index (χ0n) is 17.7. The summed E-state index contributed by atoms with van der Waals surface area (Å²) >= 11 is 0. The van der Waals surface area contributed by atoms with Crippen molar-refractivity contribution in [3.8, 4) is 23.0 Å². The minimum atomic E-state index is -0.110. The Morgan fingerprint density at radius 2 is 1.74 bits per heavy atom. The molecule has 1 saturated heterocycles. The summed E-state index contributed by atoms with van der Waals surface area (Å²) < 4.78 is 21.2. The van der Waals surface area contributed by atoms with Gasteiger partial charge in [-0.25, -0.2) is 0 Å². The van der Waals surface area contributed by atoms with Crippen LogP contribution in [-0.2, 0) is 11.3 Å². The van der Waals surface area contributed by atoms with Gasteiger partial charge >= 0.3 is 0 Å². The second-order valence-corrected chi connectivity index (χ2v) is 7.54. The van der Waals surface area contributed by atoms with Crippen LogP contribution in [-0.4, -0.2) is 50.8 Å². The van der Waals surface area contributed by atoms with Crippen molar-refractivity contribution in [1.82, 2.24) is 10.2 Å². The van der Waals surface area contributed by atoms with E-state index in [-0.39, 0.29) is 24.5 Å². The van der Waals surface area contributed by atoms with Gasteiger partial charge in [0.15, 0.2) is 23.0 Å². The van der Waals surface area contributed by atoms with Gasteiger partial charge in [0.2, 0.25) is 12.7 Å². The van der Waals surface area contributed by atoms with Gasteiger partial charge in [0, 0.05) is 31.1 Å². The summed E-state index contributed by atoms with van der Waals surface area (Å²) in [5.41, 5.74) is 1.50. The van der Waals surface area contributed by atoms with Crippen molar-refractivity contribution < 1.29 is 28.5 Å². The lowest BCUT2D eigenvalue weighted by Crippen LogP contribution is -2.42. The Labute approximate surface area is 181 Å². The van der Waals surface area contributed by atoms with E-state index in [0.717, 1.165) is 5.56 Å². The Morgan fingerprint density at radius 1 is 1.00 bits per heavy atom. The van der Waals surface area contributed by atoms with E-state index in [4.69, 9.17) is 18.9 Å². The highest BCUT2D eigenvalue weighted by atomic mass is 16.7. The summed E-state index contributed by atoms with van der Waals surface area (Å²) in [5.74, 6) is 2.37. The van der Waals surface area contributed by atoms with Crippen molar-refractivity contribution in [3.63, 3.8) is 0 Å². The van der Waals surface area contributed by atoms with Crippen LogP contribution < -0.4 is 24.3 Å². The summed E-state index contributed by atoms with van der Waals surface area (Å²) in [4.78, 5) is 27.2. The molecule has 2 aliphatic rings. The van der Waals surface area contributed by atoms with Crippen molar-refractivity contribution in [2.45, 2.75) is 19.4 Å². The molecule has 1 N–H and O–H groups in total. The smallest absolute Gasteiger partial charge is 0.253 e. The number of fused-ring (bicyclic) bond motifs is 1. The largest absolute Gasteiger partial charge is 0.493 e. The zero-order chi connectivity index (χ0) is 21.8. The third-order valence-electron chi connectivity index (χ3n) is 5.69. The fourth-order valence-corrected chi connectivity index (χ4v) is 3.88. The van der Waals surface area contributed by atoms with Gasteiger partial charge in [0.05, 0.1) is 14.2 Å². The third-order valence-corrected chi connectivity index (χ3v) is 5.69. The van der Waals surface area contributed by atoms with Gasteiger partial charge in [-0.2, -0.15) is 0 Å². The average molecular weight is 426 g/mol. The molecule has 2 aromatic carbocycles. The molecule has 0 saturated carbocycles. The van der Waals surface area contributed by atoms with Gasteiger partial charge in [-0.05, 0) is 48.7 Å². The van der Waals surface area contributed by atoms with Gasteiger partial charge in [-0.3, -0.25) is 9.59 Å². The molecule has 2 amide bonds. The Morgan fingerprint density at radius 3 is 2.48 bits per heavy atom. The predicted molar refractivity (Wildman–Crippen MR) is 113 cm³/mol. The Balaban J connectivity index is 1.28. The number of likely N-dealkylation sites (tertiary alicyclic amines) is 1. The number of nitrogens with zero attached hydrogens (tertiary/aromatic N) is 1. The first-order valence-electron chi connectivity index (χ1n) is 10.3. The molecule has 2 heterocycles. The van der Waals surface area contributed by atoms with Crippen LogP contribution in [0.1, 0.15) is 28.8 Å². The maximum Gasteiger partial charge on any atom is 0.253 e. The number of benzene rings is 2. The quantitative estimate of drug-likeness (QED) is 0.764. The number of carbonyl (C=O) groups is 2. The first kappa shape index (κ1) is 20.8. The van der Waals surface area contributed by atoms with Gasteiger partial charge in [0.25, 0.3) is 5.91 Å². The van der Waals surface area contributed by atoms with Gasteiger partial charge < -0.3 is 29.2 Å². The monoisotopic (exact) mass is 426 g/mol. The molecule has 2 aliphatic heterocycles. The molecular weight excluding hydrogens is 400 g/mol. The molecule has 0 radical (unpaired) electrons. The Bertz CT molecular complexity index is 969. The van der Waals surface area contributed by atoms with Crippen molar-refractivity contribution >= 4 is 11.8 Å². The lowest BCUT2D eigenvalue weighted by atomic mass is 9.95. The lowest BCUT2D eigenvalue weighted by Gasteiger charge is -2.31. The highest BCUT2D eigenvalue weighted by Crippen LogP contribution is 2.33. The first-order chi connectivity index (χ1) is 15.1. The van der Waals surface area contributed by atoms with Crippen LogP contribution in [0.3, 0.4) is 0 Å². The first-order valence-corrected chi connectivity index (χ1v) is 10.3. The van der Waals surface area contributed by atoms with Crippen LogP contribution in [0.15, 0.2) is 36.4 Å². The molecule has 0 unspecified atom stereocenters. The van der Waals surface area contributed by atoms with Crippen molar-refractivity contribution in [3.05, 3.63) is 47.5 Å². The van der Waals surface area contributed by atoms with E-state index < -0.39 is 0 Å². The topological polar surface area (TPSA) is 86.3 Å². The number of hydrogen-bond acceptors (Lipinski definition) is 6. The molecule has 0 aromatic heterocycles. The number of piperidine rings is 1. The van der Waals surface area contributed by atoms with Gasteiger partial charge in [0.1, 0.15) is 0 Å². The molecule has 8 nitrogen and oxygen atoms in total. The SMILES string of the molecule is COc1ccc(CNC(=O)C2CCN(C(=O)c3ccc4c(c3)OCO4)CC2)cc1OC. The molecule has 0 aliphatic carbocycles. The molecule has 164 valence electrons. The van der Waals surface area contributed by atoms with Crippen LogP contribution in [0.2, 0.25) is 0 Å². The average Bonchev–Trinajstić information content (AvgIpc) is 3.30. The van der Waals surface area contributed by atoms with Crippen LogP contribution in [0.25, 0.3) is 0 Å². The zero-order valence-corrected chi connectivity index (χ0v) is 17.7. The minimum Gasteiger partial charge on any atom is -0.493 e. The Hall–Kier alpha value is -3.42. The van der Waals surface area contributed by atoms with Crippen LogP contribution in [0.4, 0.5) is 0 Å². The summed E-state index contributed by atoms with van der Waals surface area (Å²) in [5, 5.41) is 2.99. The van der Waals surface area contributed by atoms with E-state index in [1.165, 1.54) is 0 Å². The number of methoxy groups -OCH3 is 2. The molecule has 4 rings (SSSR count). The van der Waals surface area contributed by atoms with Gasteiger partial charge in [-0.1, -0.05) is 6.07 Å². The fourth-order valence-electron chi connectivity index (χ4n) is 3.88. The molecule has 2 aromatic rings. The minimum absolute atomic E-state index is 0.00460. The van der Waals surface area contributed by atoms with Crippen molar-refractivity contribution in [1.29, 1.82) is 0 Å². The fraction of sp³-hybridized carbons (Fsp3) is 0.391. The molecule has 0 atom stereocenters. The van der Waals surface area contributed by atoms with E-state index in [1.54, 1.807) is 37.3 Å². The standard InChI is InChI=1S/C23H26N2O6/c1-28-18-5-3-15(11-20(18)29-2)13-24-22(26)16-7-9-25(10-8-16)23(27)17-4-6-19-21(12-17)31-14-30-19/h3-6,11-12,16H,7-10,13-14H2,1-2H3,(H,24,26). The number of ether oxygens (including phenoxy) is 4. The van der Waals surface area contributed by atoms with E-state index in [1.807, 2.05) is 18.2 Å². The number of nitrogens with one attached hydrogen (secondary N) is 1. The molecule has 8 heteroatoms. The van der Waals surface area contributed by atoms with E-state index in [9.17, 15) is 9.59 Å². The summed E-state index contributed by atoms with van der Waals surface area (Å²) in [6.45, 7) is 1.68. The molecule has 31 heavy (non-hydrogen) atoms. The van der Waals surface area contributed by atoms with E-state index >= 15 is 0 Å². The molecule has 0 spiro atoms. The number of amides is 2.